The second-order valence-corrected chi connectivity index (χ2v) is 9.57. The van der Waals surface area contributed by atoms with Gasteiger partial charge in [-0.1, -0.05) is 0 Å². The molecule has 2 heterocycles. The lowest BCUT2D eigenvalue weighted by Crippen LogP contribution is -2.52. The molecule has 1 saturated heterocycles. The molecule has 0 bridgehead atoms. The quantitative estimate of drug-likeness (QED) is 0.699. The number of pyridine rings is 1. The van der Waals surface area contributed by atoms with Crippen LogP contribution < -0.4 is 5.56 Å². The van der Waals surface area contributed by atoms with E-state index >= 15 is 0 Å². The van der Waals surface area contributed by atoms with Crippen LogP contribution in [-0.4, -0.2) is 73.2 Å². The van der Waals surface area contributed by atoms with Crippen LogP contribution >= 0.6 is 0 Å². The molecular formula is C18H29N3O5S. The van der Waals surface area contributed by atoms with Crippen molar-refractivity contribution < 1.29 is 17.9 Å². The standard InChI is InChI=1S/C18H29N3O5S/c1-13(2)27(24,25)20-8-6-19(7-9-20)17(22)16-14(3)12-15(4)21(18(16)23)10-11-26-5/h12-13H,6-11H2,1-5H3. The van der Waals surface area contributed by atoms with Crippen LogP contribution in [0.4, 0.5) is 0 Å². The third-order valence-corrected chi connectivity index (χ3v) is 7.20. The van der Waals surface area contributed by atoms with Gasteiger partial charge in [0.1, 0.15) is 5.56 Å². The van der Waals surface area contributed by atoms with Gasteiger partial charge in [-0.05, 0) is 39.3 Å². The van der Waals surface area contributed by atoms with Crippen LogP contribution in [0.5, 0.6) is 0 Å². The highest BCUT2D eigenvalue weighted by molar-refractivity contribution is 7.89. The number of aromatic nitrogens is 1. The Morgan fingerprint density at radius 3 is 2.30 bits per heavy atom. The van der Waals surface area contributed by atoms with Crippen LogP contribution in [0.2, 0.25) is 0 Å². The van der Waals surface area contributed by atoms with Crippen molar-refractivity contribution in [1.82, 2.24) is 13.8 Å². The summed E-state index contributed by atoms with van der Waals surface area (Å²) in [6.45, 7) is 8.66. The van der Waals surface area contributed by atoms with Gasteiger partial charge in [0.05, 0.1) is 11.9 Å². The molecule has 1 aliphatic rings. The van der Waals surface area contributed by atoms with Crippen LogP contribution in [-0.2, 0) is 21.3 Å². The second-order valence-electron chi connectivity index (χ2n) is 7.08. The van der Waals surface area contributed by atoms with Crippen LogP contribution in [0.15, 0.2) is 10.9 Å². The van der Waals surface area contributed by atoms with Crippen molar-refractivity contribution >= 4 is 15.9 Å². The normalized spacial score (nSPS) is 16.1. The fourth-order valence-electron chi connectivity index (χ4n) is 3.25. The van der Waals surface area contributed by atoms with Crippen LogP contribution in [0.25, 0.3) is 0 Å². The third-order valence-electron chi connectivity index (χ3n) is 4.92. The summed E-state index contributed by atoms with van der Waals surface area (Å²) >= 11 is 0. The van der Waals surface area contributed by atoms with Crippen LogP contribution in [0.3, 0.4) is 0 Å². The monoisotopic (exact) mass is 399 g/mol. The van der Waals surface area contributed by atoms with E-state index in [0.29, 0.717) is 18.7 Å². The van der Waals surface area contributed by atoms with Crippen molar-refractivity contribution in [2.45, 2.75) is 39.5 Å². The van der Waals surface area contributed by atoms with Crippen molar-refractivity contribution in [1.29, 1.82) is 0 Å². The van der Waals surface area contributed by atoms with Gasteiger partial charge in [0.25, 0.3) is 11.5 Å². The number of aryl methyl sites for hydroxylation is 2. The molecule has 1 fully saturated rings. The van der Waals surface area contributed by atoms with Gasteiger partial charge in [-0.2, -0.15) is 4.31 Å². The van der Waals surface area contributed by atoms with E-state index < -0.39 is 15.3 Å². The topological polar surface area (TPSA) is 88.9 Å². The Kier molecular flexibility index (Phi) is 6.82. The molecular weight excluding hydrogens is 370 g/mol. The highest BCUT2D eigenvalue weighted by Crippen LogP contribution is 2.15. The second kappa shape index (κ2) is 8.53. The largest absolute Gasteiger partial charge is 0.383 e. The molecule has 0 aliphatic carbocycles. The van der Waals surface area contributed by atoms with Crippen molar-refractivity contribution in [3.05, 3.63) is 33.2 Å². The Balaban J connectivity index is 2.23. The molecule has 0 saturated carbocycles. The first kappa shape index (κ1) is 21.6. The van der Waals surface area contributed by atoms with Crippen LogP contribution in [0, 0.1) is 13.8 Å². The molecule has 0 atom stereocenters. The van der Waals surface area contributed by atoms with Gasteiger partial charge in [0.2, 0.25) is 10.0 Å². The van der Waals surface area contributed by atoms with Crippen molar-refractivity contribution in [3.8, 4) is 0 Å². The Morgan fingerprint density at radius 2 is 1.78 bits per heavy atom. The molecule has 2 rings (SSSR count). The molecule has 0 spiro atoms. The zero-order chi connectivity index (χ0) is 20.4. The maximum atomic E-state index is 13.0. The molecule has 8 nitrogen and oxygen atoms in total. The summed E-state index contributed by atoms with van der Waals surface area (Å²) in [7, 11) is -1.78. The average Bonchev–Trinajstić information content (AvgIpc) is 2.61. The first-order valence-electron chi connectivity index (χ1n) is 9.09. The first-order valence-corrected chi connectivity index (χ1v) is 10.6. The highest BCUT2D eigenvalue weighted by Gasteiger charge is 2.32. The van der Waals surface area contributed by atoms with Crippen molar-refractivity contribution in [2.75, 3.05) is 39.9 Å². The number of piperazine rings is 1. The predicted molar refractivity (Wildman–Crippen MR) is 104 cm³/mol. The van der Waals surface area contributed by atoms with E-state index in [4.69, 9.17) is 4.74 Å². The minimum atomic E-state index is -3.34. The van der Waals surface area contributed by atoms with Crippen molar-refractivity contribution in [3.63, 3.8) is 0 Å². The first-order chi connectivity index (χ1) is 12.6. The summed E-state index contributed by atoms with van der Waals surface area (Å²) in [5.74, 6) is -0.342. The van der Waals surface area contributed by atoms with Gasteiger partial charge < -0.3 is 14.2 Å². The van der Waals surface area contributed by atoms with Crippen molar-refractivity contribution in [2.24, 2.45) is 0 Å². The lowest BCUT2D eigenvalue weighted by atomic mass is 10.1. The number of methoxy groups -OCH3 is 1. The van der Waals surface area contributed by atoms with Gasteiger partial charge in [-0.3, -0.25) is 9.59 Å². The van der Waals surface area contributed by atoms with E-state index in [2.05, 4.69) is 0 Å². The molecule has 1 aromatic heterocycles. The summed E-state index contributed by atoms with van der Waals surface area (Å²) in [6, 6.07) is 1.82. The SMILES string of the molecule is COCCn1c(C)cc(C)c(C(=O)N2CCN(S(=O)(=O)C(C)C)CC2)c1=O. The minimum Gasteiger partial charge on any atom is -0.383 e. The molecule has 27 heavy (non-hydrogen) atoms. The maximum Gasteiger partial charge on any atom is 0.263 e. The summed E-state index contributed by atoms with van der Waals surface area (Å²) in [4.78, 5) is 27.4. The molecule has 0 radical (unpaired) electrons. The van der Waals surface area contributed by atoms with E-state index in [9.17, 15) is 18.0 Å². The molecule has 0 aromatic carbocycles. The fourth-order valence-corrected chi connectivity index (χ4v) is 4.52. The molecule has 9 heteroatoms. The summed E-state index contributed by atoms with van der Waals surface area (Å²) < 4.78 is 32.6. The van der Waals surface area contributed by atoms with Gasteiger partial charge in [0, 0.05) is 45.5 Å². The summed E-state index contributed by atoms with van der Waals surface area (Å²) in [5, 5.41) is -0.493. The Labute approximate surface area is 160 Å². The van der Waals surface area contributed by atoms with Gasteiger partial charge in [0.15, 0.2) is 0 Å². The number of nitrogens with zero attached hydrogens (tertiary/aromatic N) is 3. The number of hydrogen-bond acceptors (Lipinski definition) is 5. The molecule has 152 valence electrons. The Bertz CT molecular complexity index is 852. The van der Waals surface area contributed by atoms with Gasteiger partial charge in [-0.15, -0.1) is 0 Å². The molecule has 0 unspecified atom stereocenters. The smallest absolute Gasteiger partial charge is 0.263 e. The average molecular weight is 400 g/mol. The number of carbonyl (C=O) groups is 1. The maximum absolute atomic E-state index is 13.0. The van der Waals surface area contributed by atoms with Gasteiger partial charge >= 0.3 is 0 Å². The van der Waals surface area contributed by atoms with E-state index in [0.717, 1.165) is 5.69 Å². The van der Waals surface area contributed by atoms with E-state index in [-0.39, 0.29) is 43.2 Å². The Hall–Kier alpha value is -1.71. The number of ether oxygens (including phenoxy) is 1. The number of amides is 1. The van der Waals surface area contributed by atoms with Gasteiger partial charge in [-0.25, -0.2) is 8.42 Å². The molecule has 1 amide bonds. The predicted octanol–water partition coefficient (Wildman–Crippen LogP) is 0.608. The fraction of sp³-hybridized carbons (Fsp3) is 0.667. The highest BCUT2D eigenvalue weighted by atomic mass is 32.2. The summed E-state index contributed by atoms with van der Waals surface area (Å²) in [5.41, 5.74) is 1.23. The van der Waals surface area contributed by atoms with Crippen LogP contribution in [0.1, 0.15) is 35.5 Å². The molecule has 1 aliphatic heterocycles. The number of sulfonamides is 1. The van der Waals surface area contributed by atoms with E-state index in [1.807, 2.05) is 13.0 Å². The lowest BCUT2D eigenvalue weighted by molar-refractivity contribution is 0.0694. The lowest BCUT2D eigenvalue weighted by Gasteiger charge is -2.35. The zero-order valence-corrected chi connectivity index (χ0v) is 17.5. The Morgan fingerprint density at radius 1 is 1.19 bits per heavy atom. The number of rotatable bonds is 6. The van der Waals surface area contributed by atoms with E-state index in [1.165, 1.54) is 4.31 Å². The summed E-state index contributed by atoms with van der Waals surface area (Å²) in [6.07, 6.45) is 0. The molecule has 0 N–H and O–H groups in total. The number of carbonyl (C=O) groups excluding carboxylic acids is 1. The van der Waals surface area contributed by atoms with E-state index in [1.54, 1.807) is 37.3 Å². The third kappa shape index (κ3) is 4.41. The zero-order valence-electron chi connectivity index (χ0n) is 16.7. The number of hydrogen-bond donors (Lipinski definition) is 0. The molecule has 1 aromatic rings. The minimum absolute atomic E-state index is 0.150.